The van der Waals surface area contributed by atoms with Crippen molar-refractivity contribution in [1.82, 2.24) is 14.9 Å². The van der Waals surface area contributed by atoms with Gasteiger partial charge in [-0.05, 0) is 46.9 Å². The lowest BCUT2D eigenvalue weighted by Crippen LogP contribution is -2.51. The summed E-state index contributed by atoms with van der Waals surface area (Å²) in [6.45, 7) is -0.154. The van der Waals surface area contributed by atoms with Gasteiger partial charge in [0, 0.05) is 19.0 Å². The molecule has 234 valence electrons. The van der Waals surface area contributed by atoms with Gasteiger partial charge in [0.25, 0.3) is 0 Å². The van der Waals surface area contributed by atoms with Crippen molar-refractivity contribution >= 4 is 27.8 Å². The highest BCUT2D eigenvalue weighted by atomic mass is 32.2. The Labute approximate surface area is 267 Å². The lowest BCUT2D eigenvalue weighted by Gasteiger charge is -2.25. The molecule has 1 heterocycles. The third kappa shape index (κ3) is 7.48. The fraction of sp³-hybridized carbons (Fsp3) is 0.200. The molecule has 1 aliphatic heterocycles. The number of carbonyl (C=O) groups is 3. The summed E-state index contributed by atoms with van der Waals surface area (Å²) >= 11 is 0. The van der Waals surface area contributed by atoms with Crippen LogP contribution in [-0.4, -0.2) is 60.3 Å². The van der Waals surface area contributed by atoms with E-state index in [-0.39, 0.29) is 36.6 Å². The largest absolute Gasteiger partial charge is 0.480 e. The zero-order valence-electron chi connectivity index (χ0n) is 24.7. The molecular formula is C35H32N4O6S. The lowest BCUT2D eigenvalue weighted by molar-refractivity contribution is -0.142. The molecule has 0 aromatic heterocycles. The van der Waals surface area contributed by atoms with Crippen molar-refractivity contribution in [2.45, 2.75) is 42.3 Å². The summed E-state index contributed by atoms with van der Waals surface area (Å²) in [5.41, 5.74) is 3.44. The number of rotatable bonds is 11. The Morgan fingerprint density at radius 3 is 2.15 bits per heavy atom. The number of aliphatic carboxylic acids is 1. The number of nitriles is 1. The Balaban J connectivity index is 1.33. The van der Waals surface area contributed by atoms with Crippen molar-refractivity contribution in [3.05, 3.63) is 126 Å². The molecule has 1 aliphatic rings. The molecular weight excluding hydrogens is 604 g/mol. The van der Waals surface area contributed by atoms with Gasteiger partial charge in [-0.25, -0.2) is 13.2 Å². The Morgan fingerprint density at radius 2 is 1.50 bits per heavy atom. The first-order chi connectivity index (χ1) is 22.2. The van der Waals surface area contributed by atoms with Gasteiger partial charge in [0.2, 0.25) is 21.8 Å². The highest BCUT2D eigenvalue weighted by Gasteiger charge is 2.45. The molecule has 4 aromatic rings. The number of benzene rings is 4. The molecule has 2 amide bonds. The summed E-state index contributed by atoms with van der Waals surface area (Å²) in [7, 11) is -4.16. The minimum atomic E-state index is -4.16. The molecule has 0 spiro atoms. The maximum absolute atomic E-state index is 13.7. The topological polar surface area (TPSA) is 157 Å². The Kier molecular flexibility index (Phi) is 9.91. The predicted molar refractivity (Wildman–Crippen MR) is 171 cm³/mol. The zero-order chi connectivity index (χ0) is 32.7. The average Bonchev–Trinajstić information content (AvgIpc) is 3.50. The van der Waals surface area contributed by atoms with E-state index in [4.69, 9.17) is 0 Å². The van der Waals surface area contributed by atoms with Crippen LogP contribution in [0.3, 0.4) is 0 Å². The molecule has 5 rings (SSSR count). The van der Waals surface area contributed by atoms with E-state index in [0.29, 0.717) is 11.1 Å². The second-order valence-electron chi connectivity index (χ2n) is 11.0. The predicted octanol–water partition coefficient (Wildman–Crippen LogP) is 3.53. The minimum Gasteiger partial charge on any atom is -0.480 e. The number of sulfonamides is 1. The van der Waals surface area contributed by atoms with E-state index in [0.717, 1.165) is 21.0 Å². The summed E-state index contributed by atoms with van der Waals surface area (Å²) in [6, 6.07) is 29.8. The third-order valence-electron chi connectivity index (χ3n) is 7.85. The maximum Gasteiger partial charge on any atom is 0.326 e. The third-order valence-corrected chi connectivity index (χ3v) is 9.74. The van der Waals surface area contributed by atoms with Gasteiger partial charge in [0.15, 0.2) is 0 Å². The molecule has 0 bridgehead atoms. The zero-order valence-corrected chi connectivity index (χ0v) is 25.6. The molecule has 11 heteroatoms. The van der Waals surface area contributed by atoms with Gasteiger partial charge in [-0.2, -0.15) is 9.57 Å². The molecule has 3 atom stereocenters. The van der Waals surface area contributed by atoms with Gasteiger partial charge in [-0.1, -0.05) is 91.0 Å². The number of carbonyl (C=O) groups excluding carboxylic acids is 2. The molecule has 0 unspecified atom stereocenters. The van der Waals surface area contributed by atoms with E-state index in [1.54, 1.807) is 54.6 Å². The number of carboxylic acids is 1. The first-order valence-corrected chi connectivity index (χ1v) is 16.1. The number of nitrogens with one attached hydrogen (secondary N) is 2. The van der Waals surface area contributed by atoms with E-state index >= 15 is 0 Å². The molecule has 0 saturated carbocycles. The van der Waals surface area contributed by atoms with E-state index in [2.05, 4.69) is 16.7 Å². The van der Waals surface area contributed by atoms with E-state index < -0.39 is 40.0 Å². The second kappa shape index (κ2) is 14.2. The van der Waals surface area contributed by atoms with Crippen LogP contribution in [0.4, 0.5) is 0 Å². The highest BCUT2D eigenvalue weighted by molar-refractivity contribution is 7.89. The number of hydrogen-bond acceptors (Lipinski definition) is 6. The molecule has 1 saturated heterocycles. The van der Waals surface area contributed by atoms with Crippen molar-refractivity contribution in [3.63, 3.8) is 0 Å². The molecule has 1 fully saturated rings. The molecule has 3 N–H and O–H groups in total. The fourth-order valence-corrected chi connectivity index (χ4v) is 7.22. The Hall–Kier alpha value is -5.31. The number of nitrogens with zero attached hydrogens (tertiary/aromatic N) is 2. The van der Waals surface area contributed by atoms with E-state index in [1.807, 2.05) is 42.5 Å². The molecule has 10 nitrogen and oxygen atoms in total. The summed E-state index contributed by atoms with van der Waals surface area (Å²) in [6.07, 6.45) is -0.00395. The van der Waals surface area contributed by atoms with Crippen LogP contribution in [0.1, 0.15) is 23.1 Å². The van der Waals surface area contributed by atoms with Gasteiger partial charge in [0.05, 0.1) is 22.9 Å². The monoisotopic (exact) mass is 636 g/mol. The van der Waals surface area contributed by atoms with Gasteiger partial charge < -0.3 is 15.7 Å². The summed E-state index contributed by atoms with van der Waals surface area (Å²) in [5.74, 6) is -2.37. The number of carboxylic acid groups (broad SMARTS) is 1. The number of hydrogen-bond donors (Lipinski definition) is 3. The smallest absolute Gasteiger partial charge is 0.326 e. The van der Waals surface area contributed by atoms with Crippen LogP contribution in [0.15, 0.2) is 114 Å². The van der Waals surface area contributed by atoms with E-state index in [9.17, 15) is 33.2 Å². The first kappa shape index (κ1) is 32.1. The summed E-state index contributed by atoms with van der Waals surface area (Å²) < 4.78 is 28.4. The SMILES string of the molecule is N#Cc1ccccc1-c1ccc(C[C@H](NC(=O)[C@@H]2C[C@H](NC(=O)Cc3ccccc3)CN2S(=O)(=O)c2ccccc2)C(=O)O)cc1. The minimum absolute atomic E-state index is 0.0168. The van der Waals surface area contributed by atoms with Gasteiger partial charge in [-0.15, -0.1) is 0 Å². The van der Waals surface area contributed by atoms with Gasteiger partial charge in [0.1, 0.15) is 12.1 Å². The van der Waals surface area contributed by atoms with Crippen LogP contribution < -0.4 is 10.6 Å². The Morgan fingerprint density at radius 1 is 0.870 bits per heavy atom. The molecule has 4 aromatic carbocycles. The molecule has 0 radical (unpaired) electrons. The Bertz CT molecular complexity index is 1860. The lowest BCUT2D eigenvalue weighted by atomic mass is 9.97. The van der Waals surface area contributed by atoms with Crippen molar-refractivity contribution in [1.29, 1.82) is 5.26 Å². The van der Waals surface area contributed by atoms with Crippen LogP contribution in [-0.2, 0) is 37.2 Å². The maximum atomic E-state index is 13.7. The molecule has 0 aliphatic carbocycles. The summed E-state index contributed by atoms with van der Waals surface area (Å²) in [5, 5.41) is 24.8. The van der Waals surface area contributed by atoms with Crippen LogP contribution in [0.5, 0.6) is 0 Å². The average molecular weight is 637 g/mol. The van der Waals surface area contributed by atoms with Crippen molar-refractivity contribution in [3.8, 4) is 17.2 Å². The van der Waals surface area contributed by atoms with Crippen LogP contribution in [0.2, 0.25) is 0 Å². The second-order valence-corrected chi connectivity index (χ2v) is 12.9. The van der Waals surface area contributed by atoms with Crippen molar-refractivity contribution in [2.24, 2.45) is 0 Å². The standard InChI is InChI=1S/C35H32N4O6S/c36-22-27-11-7-8-14-30(27)26-17-15-25(16-18-26)19-31(35(42)43)38-34(41)32-21-28(37-33(40)20-24-9-3-1-4-10-24)23-39(32)46(44,45)29-12-5-2-6-13-29/h1-18,28,31-32H,19-21,23H2,(H,37,40)(H,38,41)(H,42,43)/t28-,31-,32-/m0/s1. The van der Waals surface area contributed by atoms with Crippen molar-refractivity contribution in [2.75, 3.05) is 6.54 Å². The molecule has 46 heavy (non-hydrogen) atoms. The summed E-state index contributed by atoms with van der Waals surface area (Å²) in [4.78, 5) is 38.7. The van der Waals surface area contributed by atoms with E-state index in [1.165, 1.54) is 12.1 Å². The quantitative estimate of drug-likeness (QED) is 0.227. The van der Waals surface area contributed by atoms with Crippen LogP contribution in [0, 0.1) is 11.3 Å². The number of amides is 2. The normalized spacial score (nSPS) is 17.0. The van der Waals surface area contributed by atoms with Crippen LogP contribution in [0.25, 0.3) is 11.1 Å². The van der Waals surface area contributed by atoms with Gasteiger partial charge in [-0.3, -0.25) is 9.59 Å². The first-order valence-electron chi connectivity index (χ1n) is 14.7. The fourth-order valence-electron chi connectivity index (χ4n) is 5.56. The van der Waals surface area contributed by atoms with Crippen molar-refractivity contribution < 1.29 is 27.9 Å². The highest BCUT2D eigenvalue weighted by Crippen LogP contribution is 2.28. The van der Waals surface area contributed by atoms with Gasteiger partial charge >= 0.3 is 5.97 Å². The van der Waals surface area contributed by atoms with Crippen LogP contribution >= 0.6 is 0 Å².